The van der Waals surface area contributed by atoms with E-state index in [2.05, 4.69) is 5.10 Å². The van der Waals surface area contributed by atoms with Crippen molar-refractivity contribution >= 4 is 16.6 Å². The van der Waals surface area contributed by atoms with Gasteiger partial charge >= 0.3 is 0 Å². The summed E-state index contributed by atoms with van der Waals surface area (Å²) in [5.74, 6) is -2.54. The number of rotatable bonds is 2. The molecule has 0 saturated carbocycles. The number of hydrogen-bond donors (Lipinski definition) is 1. The second-order valence-corrected chi connectivity index (χ2v) is 4.85. The fourth-order valence-electron chi connectivity index (χ4n) is 2.40. The standard InChI is InChI=1S/C12H14F2N4/c1-17-11-3-2-8(15)4-9(11)10(16-17)5-18-6-12(13,14)7-18/h2-4H,5-7,15H2,1H3. The van der Waals surface area contributed by atoms with Crippen LogP contribution in [0, 0.1) is 0 Å². The first-order chi connectivity index (χ1) is 8.44. The normalized spacial score (nSPS) is 19.1. The van der Waals surface area contributed by atoms with Gasteiger partial charge in [-0.25, -0.2) is 8.78 Å². The zero-order chi connectivity index (χ0) is 12.9. The lowest BCUT2D eigenvalue weighted by Gasteiger charge is -2.38. The zero-order valence-corrected chi connectivity index (χ0v) is 10.0. The highest BCUT2D eigenvalue weighted by molar-refractivity contribution is 5.85. The van der Waals surface area contributed by atoms with Gasteiger partial charge in [-0.15, -0.1) is 0 Å². The van der Waals surface area contributed by atoms with Crippen LogP contribution in [0.3, 0.4) is 0 Å². The predicted molar refractivity (Wildman–Crippen MR) is 65.4 cm³/mol. The molecule has 1 fully saturated rings. The summed E-state index contributed by atoms with van der Waals surface area (Å²) >= 11 is 0. The van der Waals surface area contributed by atoms with Crippen LogP contribution in [0.2, 0.25) is 0 Å². The highest BCUT2D eigenvalue weighted by atomic mass is 19.3. The Hall–Kier alpha value is -1.69. The second-order valence-electron chi connectivity index (χ2n) is 4.85. The number of halogens is 2. The third kappa shape index (κ3) is 1.82. The first-order valence-electron chi connectivity index (χ1n) is 5.76. The Labute approximate surface area is 103 Å². The fraction of sp³-hybridized carbons (Fsp3) is 0.417. The van der Waals surface area contributed by atoms with Gasteiger partial charge in [-0.05, 0) is 18.2 Å². The van der Waals surface area contributed by atoms with Gasteiger partial charge in [0.05, 0.1) is 24.3 Å². The molecule has 2 aromatic rings. The van der Waals surface area contributed by atoms with Gasteiger partial charge in [0.1, 0.15) is 0 Å². The van der Waals surface area contributed by atoms with Crippen molar-refractivity contribution in [2.24, 2.45) is 7.05 Å². The Bertz CT molecular complexity index is 597. The number of fused-ring (bicyclic) bond motifs is 1. The molecule has 0 unspecified atom stereocenters. The summed E-state index contributed by atoms with van der Waals surface area (Å²) in [6.45, 7) is 0.0666. The third-order valence-electron chi connectivity index (χ3n) is 3.23. The van der Waals surface area contributed by atoms with Crippen molar-refractivity contribution in [1.82, 2.24) is 14.7 Å². The van der Waals surface area contributed by atoms with Gasteiger partial charge in [-0.2, -0.15) is 5.10 Å². The van der Waals surface area contributed by atoms with Crippen LogP contribution in [-0.4, -0.2) is 33.7 Å². The first kappa shape index (κ1) is 11.4. The van der Waals surface area contributed by atoms with Gasteiger partial charge in [0.2, 0.25) is 0 Å². The summed E-state index contributed by atoms with van der Waals surface area (Å²) in [6, 6.07) is 5.55. The van der Waals surface area contributed by atoms with Gasteiger partial charge in [0, 0.05) is 24.7 Å². The molecule has 2 N–H and O–H groups in total. The summed E-state index contributed by atoms with van der Waals surface area (Å²) in [6.07, 6.45) is 0. The van der Waals surface area contributed by atoms with Gasteiger partial charge in [-0.1, -0.05) is 0 Å². The molecule has 1 aliphatic heterocycles. The average molecular weight is 252 g/mol. The van der Waals surface area contributed by atoms with E-state index in [1.165, 1.54) is 0 Å². The van der Waals surface area contributed by atoms with E-state index < -0.39 is 5.92 Å². The van der Waals surface area contributed by atoms with Gasteiger partial charge in [0.25, 0.3) is 5.92 Å². The van der Waals surface area contributed by atoms with Crippen LogP contribution >= 0.6 is 0 Å². The molecule has 2 heterocycles. The summed E-state index contributed by atoms with van der Waals surface area (Å²) < 4.78 is 27.3. The Morgan fingerprint density at radius 2 is 2.11 bits per heavy atom. The summed E-state index contributed by atoms with van der Waals surface area (Å²) in [5.41, 5.74) is 8.18. The topological polar surface area (TPSA) is 47.1 Å². The van der Waals surface area contributed by atoms with Gasteiger partial charge < -0.3 is 5.73 Å². The quantitative estimate of drug-likeness (QED) is 0.826. The SMILES string of the molecule is Cn1nc(CN2CC(F)(F)C2)c2cc(N)ccc21. The van der Waals surface area contributed by atoms with Crippen molar-refractivity contribution in [3.05, 3.63) is 23.9 Å². The van der Waals surface area contributed by atoms with Crippen molar-refractivity contribution in [1.29, 1.82) is 0 Å². The molecule has 0 radical (unpaired) electrons. The van der Waals surface area contributed by atoms with Crippen LogP contribution in [0.1, 0.15) is 5.69 Å². The number of hydrogen-bond acceptors (Lipinski definition) is 3. The van der Waals surface area contributed by atoms with Gasteiger partial charge in [0.15, 0.2) is 0 Å². The molecule has 1 aliphatic rings. The third-order valence-corrected chi connectivity index (χ3v) is 3.23. The molecule has 0 bridgehead atoms. The van der Waals surface area contributed by atoms with E-state index in [0.717, 1.165) is 16.6 Å². The Morgan fingerprint density at radius 3 is 2.78 bits per heavy atom. The lowest BCUT2D eigenvalue weighted by molar-refractivity contribution is -0.134. The van der Waals surface area contributed by atoms with Crippen molar-refractivity contribution < 1.29 is 8.78 Å². The van der Waals surface area contributed by atoms with Crippen LogP contribution in [0.4, 0.5) is 14.5 Å². The smallest absolute Gasteiger partial charge is 0.272 e. The number of alkyl halides is 2. The van der Waals surface area contributed by atoms with Crippen LogP contribution in [0.15, 0.2) is 18.2 Å². The van der Waals surface area contributed by atoms with E-state index >= 15 is 0 Å². The number of benzene rings is 1. The molecule has 0 atom stereocenters. The molecule has 3 rings (SSSR count). The molecule has 0 aliphatic carbocycles. The maximum Gasteiger partial charge on any atom is 0.272 e. The monoisotopic (exact) mass is 252 g/mol. The van der Waals surface area contributed by atoms with E-state index in [-0.39, 0.29) is 13.1 Å². The average Bonchev–Trinajstić information content (AvgIpc) is 2.53. The van der Waals surface area contributed by atoms with Crippen LogP contribution in [0.25, 0.3) is 10.9 Å². The molecule has 18 heavy (non-hydrogen) atoms. The minimum absolute atomic E-state index is 0.187. The van der Waals surface area contributed by atoms with Crippen molar-refractivity contribution in [2.75, 3.05) is 18.8 Å². The fourth-order valence-corrected chi connectivity index (χ4v) is 2.40. The summed E-state index contributed by atoms with van der Waals surface area (Å²) in [5, 5.41) is 5.31. The molecule has 96 valence electrons. The lowest BCUT2D eigenvalue weighted by atomic mass is 10.1. The minimum Gasteiger partial charge on any atom is -0.399 e. The number of anilines is 1. The van der Waals surface area contributed by atoms with Crippen LogP contribution < -0.4 is 5.73 Å². The minimum atomic E-state index is -2.54. The maximum atomic E-state index is 12.8. The molecule has 0 amide bonds. The summed E-state index contributed by atoms with van der Waals surface area (Å²) in [7, 11) is 1.84. The highest BCUT2D eigenvalue weighted by Gasteiger charge is 2.43. The number of nitrogen functional groups attached to an aromatic ring is 1. The molecule has 1 aromatic heterocycles. The second kappa shape index (κ2) is 3.65. The van der Waals surface area contributed by atoms with E-state index in [1.54, 1.807) is 9.58 Å². The van der Waals surface area contributed by atoms with E-state index in [9.17, 15) is 8.78 Å². The lowest BCUT2D eigenvalue weighted by Crippen LogP contribution is -2.55. The molecular formula is C12H14F2N4. The van der Waals surface area contributed by atoms with Crippen molar-refractivity contribution in [3.63, 3.8) is 0 Å². The zero-order valence-electron chi connectivity index (χ0n) is 10.0. The number of nitrogens with two attached hydrogens (primary N) is 1. The van der Waals surface area contributed by atoms with Crippen molar-refractivity contribution in [2.45, 2.75) is 12.5 Å². The van der Waals surface area contributed by atoms with Crippen LogP contribution in [-0.2, 0) is 13.6 Å². The maximum absolute atomic E-state index is 12.8. The number of likely N-dealkylation sites (tertiary alicyclic amines) is 1. The van der Waals surface area contributed by atoms with E-state index in [1.807, 2.05) is 25.2 Å². The molecular weight excluding hydrogens is 238 g/mol. The van der Waals surface area contributed by atoms with Crippen molar-refractivity contribution in [3.8, 4) is 0 Å². The number of aryl methyl sites for hydroxylation is 1. The first-order valence-corrected chi connectivity index (χ1v) is 5.76. The largest absolute Gasteiger partial charge is 0.399 e. The molecule has 4 nitrogen and oxygen atoms in total. The van der Waals surface area contributed by atoms with Crippen LogP contribution in [0.5, 0.6) is 0 Å². The molecule has 6 heteroatoms. The Balaban J connectivity index is 1.90. The number of aromatic nitrogens is 2. The molecule has 1 aromatic carbocycles. The molecule has 1 saturated heterocycles. The Morgan fingerprint density at radius 1 is 1.39 bits per heavy atom. The summed E-state index contributed by atoms with van der Waals surface area (Å²) in [4.78, 5) is 1.69. The molecule has 0 spiro atoms. The van der Waals surface area contributed by atoms with Gasteiger partial charge in [-0.3, -0.25) is 9.58 Å². The number of nitrogens with zero attached hydrogens (tertiary/aromatic N) is 3. The Kier molecular flexibility index (Phi) is 2.31. The highest BCUT2D eigenvalue weighted by Crippen LogP contribution is 2.29. The van der Waals surface area contributed by atoms with E-state index in [4.69, 9.17) is 5.73 Å². The van der Waals surface area contributed by atoms with E-state index in [0.29, 0.717) is 12.2 Å². The predicted octanol–water partition coefficient (Wildman–Crippen LogP) is 1.61.